The Hall–Kier alpha value is -2.89. The third-order valence-electron chi connectivity index (χ3n) is 6.16. The molecular weight excluding hydrogens is 416 g/mol. The van der Waals surface area contributed by atoms with Crippen molar-refractivity contribution >= 4 is 23.6 Å². The predicted octanol–water partition coefficient (Wildman–Crippen LogP) is 5.98. The van der Waals surface area contributed by atoms with Crippen LogP contribution < -0.4 is 5.32 Å². The molecule has 1 N–H and O–H groups in total. The van der Waals surface area contributed by atoms with E-state index in [0.717, 1.165) is 41.0 Å². The number of anilines is 1. The number of hydrogen-bond acceptors (Lipinski definition) is 5. The van der Waals surface area contributed by atoms with Crippen molar-refractivity contribution in [1.29, 1.82) is 0 Å². The molecular formula is C27H36N2O4. The van der Waals surface area contributed by atoms with Crippen molar-refractivity contribution < 1.29 is 18.8 Å². The topological polar surface area (TPSA) is 81.4 Å². The van der Waals surface area contributed by atoms with E-state index in [-0.39, 0.29) is 12.3 Å². The van der Waals surface area contributed by atoms with Gasteiger partial charge >= 0.3 is 5.97 Å². The lowest BCUT2D eigenvalue weighted by atomic mass is 9.69. The number of amides is 1. The Morgan fingerprint density at radius 2 is 2.03 bits per heavy atom. The largest absolute Gasteiger partial charge is 0.463 e. The van der Waals surface area contributed by atoms with Gasteiger partial charge in [0.1, 0.15) is 5.76 Å². The van der Waals surface area contributed by atoms with Crippen molar-refractivity contribution in [3.8, 4) is 0 Å². The van der Waals surface area contributed by atoms with Crippen LogP contribution in [0.3, 0.4) is 0 Å². The average Bonchev–Trinajstić information content (AvgIpc) is 3.11. The van der Waals surface area contributed by atoms with E-state index in [0.29, 0.717) is 36.5 Å². The van der Waals surface area contributed by atoms with Crippen molar-refractivity contribution in [3.05, 3.63) is 52.4 Å². The monoisotopic (exact) mass is 452 g/mol. The summed E-state index contributed by atoms with van der Waals surface area (Å²) in [5, 5.41) is 7.26. The van der Waals surface area contributed by atoms with Crippen LogP contribution in [0.2, 0.25) is 0 Å². The van der Waals surface area contributed by atoms with Gasteiger partial charge in [-0.05, 0) is 69.6 Å². The summed E-state index contributed by atoms with van der Waals surface area (Å²) in [5.74, 6) is 2.04. The summed E-state index contributed by atoms with van der Waals surface area (Å²) in [5.41, 5.74) is 4.53. The summed E-state index contributed by atoms with van der Waals surface area (Å²) < 4.78 is 10.8. The van der Waals surface area contributed by atoms with Gasteiger partial charge in [0, 0.05) is 36.1 Å². The first-order valence-electron chi connectivity index (χ1n) is 12.0. The molecule has 0 saturated heterocycles. The number of nitrogens with one attached hydrogen (secondary N) is 1. The van der Waals surface area contributed by atoms with Gasteiger partial charge in [-0.1, -0.05) is 36.7 Å². The van der Waals surface area contributed by atoms with Gasteiger partial charge in [0.15, 0.2) is 0 Å². The van der Waals surface area contributed by atoms with Crippen LogP contribution in [-0.2, 0) is 20.7 Å². The molecule has 6 nitrogen and oxygen atoms in total. The number of carbonyl (C=O) groups is 2. The number of ether oxygens (including phenoxy) is 1. The molecule has 1 aromatic carbocycles. The second kappa shape index (κ2) is 11.3. The minimum absolute atomic E-state index is 0.0764. The van der Waals surface area contributed by atoms with Gasteiger partial charge in [-0.3, -0.25) is 4.79 Å². The van der Waals surface area contributed by atoms with E-state index in [1.165, 1.54) is 12.5 Å². The van der Waals surface area contributed by atoms with E-state index in [1.807, 2.05) is 32.0 Å². The maximum Gasteiger partial charge on any atom is 0.330 e. The van der Waals surface area contributed by atoms with E-state index in [1.54, 1.807) is 13.0 Å². The van der Waals surface area contributed by atoms with Crippen molar-refractivity contribution in [2.75, 3.05) is 11.9 Å². The standard InChI is InChI=1S/C27H36N2O4/c1-6-32-26(31)12-8-22-24(29-33-27(22)21-15-20(16-21)13-17(2)3)10-11-25(30)28-23-9-7-18(4)14-19(23)5/h7-9,12,14,17,20-21H,6,10-11,13,15-16H2,1-5H3,(H,28,30)/b12-8+. The molecule has 1 fully saturated rings. The number of hydrogen-bond donors (Lipinski definition) is 1. The van der Waals surface area contributed by atoms with Crippen LogP contribution in [0.5, 0.6) is 0 Å². The number of nitrogens with zero attached hydrogens (tertiary/aromatic N) is 1. The molecule has 0 spiro atoms. The maximum absolute atomic E-state index is 12.6. The molecule has 0 aliphatic heterocycles. The van der Waals surface area contributed by atoms with Crippen molar-refractivity contribution in [2.24, 2.45) is 11.8 Å². The Morgan fingerprint density at radius 1 is 1.27 bits per heavy atom. The van der Waals surface area contributed by atoms with Gasteiger partial charge in [-0.2, -0.15) is 0 Å². The molecule has 2 aromatic rings. The van der Waals surface area contributed by atoms with E-state index < -0.39 is 5.97 Å². The highest BCUT2D eigenvalue weighted by Gasteiger charge is 2.35. The first kappa shape index (κ1) is 24.7. The fourth-order valence-electron chi connectivity index (χ4n) is 4.55. The number of esters is 1. The zero-order chi connectivity index (χ0) is 24.0. The predicted molar refractivity (Wildman–Crippen MR) is 130 cm³/mol. The Labute approximate surface area is 196 Å². The SMILES string of the molecule is CCOC(=O)/C=C/c1c(CCC(=O)Nc2ccc(C)cc2C)noc1C1CC(CC(C)C)C1. The zero-order valence-electron chi connectivity index (χ0n) is 20.4. The van der Waals surface area contributed by atoms with Gasteiger partial charge < -0.3 is 14.6 Å². The molecule has 1 aromatic heterocycles. The molecule has 6 heteroatoms. The van der Waals surface area contributed by atoms with Crippen LogP contribution in [0.4, 0.5) is 5.69 Å². The molecule has 0 unspecified atom stereocenters. The average molecular weight is 453 g/mol. The lowest BCUT2D eigenvalue weighted by molar-refractivity contribution is -0.137. The van der Waals surface area contributed by atoms with Gasteiger partial charge in [0.05, 0.1) is 12.3 Å². The normalized spacial score (nSPS) is 17.9. The molecule has 0 atom stereocenters. The highest BCUT2D eigenvalue weighted by molar-refractivity contribution is 5.91. The Balaban J connectivity index is 1.69. The summed E-state index contributed by atoms with van der Waals surface area (Å²) in [6, 6.07) is 5.95. The zero-order valence-corrected chi connectivity index (χ0v) is 20.4. The van der Waals surface area contributed by atoms with Crippen LogP contribution in [0.25, 0.3) is 6.08 Å². The number of aromatic nitrogens is 1. The van der Waals surface area contributed by atoms with Crippen molar-refractivity contribution in [2.45, 2.75) is 72.6 Å². The van der Waals surface area contributed by atoms with Crippen LogP contribution >= 0.6 is 0 Å². The van der Waals surface area contributed by atoms with Crippen LogP contribution in [-0.4, -0.2) is 23.6 Å². The molecule has 1 amide bonds. The molecule has 1 heterocycles. The summed E-state index contributed by atoms with van der Waals surface area (Å²) >= 11 is 0. The lowest BCUT2D eigenvalue weighted by Gasteiger charge is -2.35. The van der Waals surface area contributed by atoms with Crippen LogP contribution in [0, 0.1) is 25.7 Å². The smallest absolute Gasteiger partial charge is 0.330 e. The first-order valence-corrected chi connectivity index (χ1v) is 12.0. The van der Waals surface area contributed by atoms with Gasteiger partial charge in [0.2, 0.25) is 5.91 Å². The van der Waals surface area contributed by atoms with E-state index >= 15 is 0 Å². The number of carbonyl (C=O) groups excluding carboxylic acids is 2. The maximum atomic E-state index is 12.6. The Morgan fingerprint density at radius 3 is 2.70 bits per heavy atom. The number of aryl methyl sites for hydroxylation is 3. The minimum atomic E-state index is -0.394. The van der Waals surface area contributed by atoms with Crippen LogP contribution in [0.1, 0.15) is 80.5 Å². The van der Waals surface area contributed by atoms with Crippen LogP contribution in [0.15, 0.2) is 28.8 Å². The third-order valence-corrected chi connectivity index (χ3v) is 6.16. The minimum Gasteiger partial charge on any atom is -0.463 e. The summed E-state index contributed by atoms with van der Waals surface area (Å²) in [7, 11) is 0. The number of rotatable bonds is 10. The van der Waals surface area contributed by atoms with E-state index in [4.69, 9.17) is 9.26 Å². The summed E-state index contributed by atoms with van der Waals surface area (Å²) in [4.78, 5) is 24.5. The molecule has 0 radical (unpaired) electrons. The molecule has 0 bridgehead atoms. The molecule has 3 rings (SSSR count). The molecule has 33 heavy (non-hydrogen) atoms. The van der Waals surface area contributed by atoms with Crippen molar-refractivity contribution in [3.63, 3.8) is 0 Å². The second-order valence-electron chi connectivity index (χ2n) is 9.52. The Bertz CT molecular complexity index is 1000. The highest BCUT2D eigenvalue weighted by atomic mass is 16.5. The van der Waals surface area contributed by atoms with Gasteiger partial charge in [-0.15, -0.1) is 0 Å². The van der Waals surface area contributed by atoms with Crippen molar-refractivity contribution in [1.82, 2.24) is 5.16 Å². The number of benzene rings is 1. The molecule has 178 valence electrons. The van der Waals surface area contributed by atoms with E-state index in [2.05, 4.69) is 24.3 Å². The summed E-state index contributed by atoms with van der Waals surface area (Å²) in [6.07, 6.45) is 7.22. The van der Waals surface area contributed by atoms with Gasteiger partial charge in [0.25, 0.3) is 0 Å². The van der Waals surface area contributed by atoms with E-state index in [9.17, 15) is 9.59 Å². The molecule has 1 saturated carbocycles. The van der Waals surface area contributed by atoms with Gasteiger partial charge in [-0.25, -0.2) is 4.79 Å². The highest BCUT2D eigenvalue weighted by Crippen LogP contribution is 2.46. The fourth-order valence-corrected chi connectivity index (χ4v) is 4.55. The Kier molecular flexibility index (Phi) is 8.48. The fraction of sp³-hybridized carbons (Fsp3) is 0.519. The lowest BCUT2D eigenvalue weighted by Crippen LogP contribution is -2.23. The second-order valence-corrected chi connectivity index (χ2v) is 9.52. The first-order chi connectivity index (χ1) is 15.8. The molecule has 1 aliphatic carbocycles. The third kappa shape index (κ3) is 6.80. The molecule has 1 aliphatic rings. The summed E-state index contributed by atoms with van der Waals surface area (Å²) in [6.45, 7) is 10.6. The quantitative estimate of drug-likeness (QED) is 0.354.